The number of anilines is 1. The number of hydrogen-bond acceptors (Lipinski definition) is 6. The number of alkyl halides is 3. The van der Waals surface area contributed by atoms with Gasteiger partial charge in [0.05, 0.1) is 16.8 Å². The molecule has 1 saturated heterocycles. The molecule has 40 heavy (non-hydrogen) atoms. The minimum atomic E-state index is -4.90. The van der Waals surface area contributed by atoms with E-state index < -0.39 is 52.5 Å². The first kappa shape index (κ1) is 31.0. The maximum absolute atomic E-state index is 14.1. The van der Waals surface area contributed by atoms with E-state index in [2.05, 4.69) is 10.6 Å². The zero-order chi connectivity index (χ0) is 30.0. The highest BCUT2D eigenvalue weighted by atomic mass is 19.4. The molecule has 13 heteroatoms. The molecule has 222 valence electrons. The van der Waals surface area contributed by atoms with Crippen LogP contribution in [0.15, 0.2) is 12.1 Å². The number of ether oxygens (including phenoxy) is 2. The van der Waals surface area contributed by atoms with Crippen molar-refractivity contribution in [1.82, 2.24) is 15.5 Å². The zero-order valence-electron chi connectivity index (χ0n) is 23.7. The monoisotopic (exact) mass is 570 g/mol. The van der Waals surface area contributed by atoms with Crippen molar-refractivity contribution in [3.63, 3.8) is 0 Å². The van der Waals surface area contributed by atoms with Gasteiger partial charge in [0.25, 0.3) is 11.8 Å². The molecule has 2 N–H and O–H groups in total. The Balaban J connectivity index is 1.91. The lowest BCUT2D eigenvalue weighted by atomic mass is 9.98. The standard InChI is InChI=1S/C27H37F3N4O6/c1-7-21(35)31-10-12-34-19-13-17(18(27(28,29)30)14-20(19)39-26(5,6)23(34)37)22(36)32-16-9-8-11-33(15-16)24(38)40-25(2,3)4/h13-14,16H,7-12,15H2,1-6H3,(H,31,35)(H,32,36)/t16-/m1/s1. The highest BCUT2D eigenvalue weighted by Crippen LogP contribution is 2.43. The number of carbonyl (C=O) groups is 4. The molecule has 1 aromatic rings. The number of nitrogens with one attached hydrogen (secondary N) is 2. The summed E-state index contributed by atoms with van der Waals surface area (Å²) in [6.07, 6.45) is -4.26. The van der Waals surface area contributed by atoms with Gasteiger partial charge in [0.15, 0.2) is 5.60 Å². The largest absolute Gasteiger partial charge is 0.476 e. The van der Waals surface area contributed by atoms with E-state index in [-0.39, 0.29) is 43.4 Å². The van der Waals surface area contributed by atoms with Crippen LogP contribution in [-0.2, 0) is 20.5 Å². The molecular weight excluding hydrogens is 533 g/mol. The predicted molar refractivity (Wildman–Crippen MR) is 140 cm³/mol. The van der Waals surface area contributed by atoms with Crippen LogP contribution < -0.4 is 20.3 Å². The summed E-state index contributed by atoms with van der Waals surface area (Å²) < 4.78 is 53.5. The Morgan fingerprint density at radius 1 is 1.18 bits per heavy atom. The number of hydrogen-bond donors (Lipinski definition) is 2. The number of nitrogens with zero attached hydrogens (tertiary/aromatic N) is 2. The maximum Gasteiger partial charge on any atom is 0.417 e. The number of halogens is 3. The van der Waals surface area contributed by atoms with Gasteiger partial charge in [0, 0.05) is 38.6 Å². The van der Waals surface area contributed by atoms with Crippen LogP contribution in [0.5, 0.6) is 5.75 Å². The summed E-state index contributed by atoms with van der Waals surface area (Å²) in [5.41, 5.74) is -4.10. The topological polar surface area (TPSA) is 117 Å². The van der Waals surface area contributed by atoms with E-state index in [1.165, 1.54) is 23.6 Å². The van der Waals surface area contributed by atoms with Crippen molar-refractivity contribution in [3.05, 3.63) is 23.3 Å². The van der Waals surface area contributed by atoms with Gasteiger partial charge in [-0.15, -0.1) is 0 Å². The average molecular weight is 571 g/mol. The molecule has 2 aliphatic rings. The molecule has 0 spiro atoms. The molecule has 1 fully saturated rings. The highest BCUT2D eigenvalue weighted by Gasteiger charge is 2.44. The number of likely N-dealkylation sites (tertiary alicyclic amines) is 1. The van der Waals surface area contributed by atoms with Crippen LogP contribution in [0.3, 0.4) is 0 Å². The van der Waals surface area contributed by atoms with Gasteiger partial charge in [-0.2, -0.15) is 13.2 Å². The van der Waals surface area contributed by atoms with Crippen molar-refractivity contribution in [3.8, 4) is 5.75 Å². The Bertz CT molecular complexity index is 1160. The van der Waals surface area contributed by atoms with Gasteiger partial charge in [-0.25, -0.2) is 4.79 Å². The van der Waals surface area contributed by atoms with Gasteiger partial charge in [0.1, 0.15) is 11.4 Å². The number of amides is 4. The van der Waals surface area contributed by atoms with Crippen molar-refractivity contribution >= 4 is 29.5 Å². The van der Waals surface area contributed by atoms with E-state index in [1.807, 2.05) is 0 Å². The lowest BCUT2D eigenvalue weighted by Crippen LogP contribution is -2.54. The third-order valence-corrected chi connectivity index (χ3v) is 6.45. The number of rotatable bonds is 6. The first-order valence-electron chi connectivity index (χ1n) is 13.2. The summed E-state index contributed by atoms with van der Waals surface area (Å²) in [5.74, 6) is -1.98. The summed E-state index contributed by atoms with van der Waals surface area (Å²) in [5, 5.41) is 5.26. The van der Waals surface area contributed by atoms with E-state index >= 15 is 0 Å². The third kappa shape index (κ3) is 7.36. The fourth-order valence-corrected chi connectivity index (χ4v) is 4.54. The summed E-state index contributed by atoms with van der Waals surface area (Å²) in [7, 11) is 0. The van der Waals surface area contributed by atoms with Crippen molar-refractivity contribution in [1.29, 1.82) is 0 Å². The Hall–Kier alpha value is -3.51. The molecule has 0 bridgehead atoms. The lowest BCUT2D eigenvalue weighted by Gasteiger charge is -2.39. The van der Waals surface area contributed by atoms with Crippen LogP contribution in [0, 0.1) is 0 Å². The van der Waals surface area contributed by atoms with Crippen LogP contribution >= 0.6 is 0 Å². The quantitative estimate of drug-likeness (QED) is 0.537. The molecule has 2 aliphatic heterocycles. The minimum Gasteiger partial charge on any atom is -0.476 e. The van der Waals surface area contributed by atoms with E-state index in [0.717, 1.165) is 12.1 Å². The average Bonchev–Trinajstić information content (AvgIpc) is 2.83. The maximum atomic E-state index is 14.1. The van der Waals surface area contributed by atoms with Gasteiger partial charge in [0.2, 0.25) is 5.91 Å². The van der Waals surface area contributed by atoms with Gasteiger partial charge >= 0.3 is 12.3 Å². The fourth-order valence-electron chi connectivity index (χ4n) is 4.54. The Kier molecular flexibility index (Phi) is 8.95. The molecule has 0 aromatic heterocycles. The number of piperidine rings is 1. The molecule has 10 nitrogen and oxygen atoms in total. The second-order valence-corrected chi connectivity index (χ2v) is 11.4. The van der Waals surface area contributed by atoms with Crippen LogP contribution in [0.2, 0.25) is 0 Å². The Morgan fingerprint density at radius 2 is 1.85 bits per heavy atom. The molecule has 0 aliphatic carbocycles. The minimum absolute atomic E-state index is 0.00718. The molecular formula is C27H37F3N4O6. The number of benzene rings is 1. The van der Waals surface area contributed by atoms with E-state index in [4.69, 9.17) is 9.47 Å². The number of fused-ring (bicyclic) bond motifs is 1. The summed E-state index contributed by atoms with van der Waals surface area (Å²) in [4.78, 5) is 53.2. The second-order valence-electron chi connectivity index (χ2n) is 11.4. The first-order valence-corrected chi connectivity index (χ1v) is 13.2. The van der Waals surface area contributed by atoms with Crippen LogP contribution in [-0.4, -0.2) is 72.1 Å². The summed E-state index contributed by atoms with van der Waals surface area (Å²) in [6, 6.07) is 1.11. The highest BCUT2D eigenvalue weighted by molar-refractivity contribution is 6.05. The van der Waals surface area contributed by atoms with Crippen LogP contribution in [0.25, 0.3) is 0 Å². The molecule has 2 heterocycles. The Morgan fingerprint density at radius 3 is 2.45 bits per heavy atom. The molecule has 1 aromatic carbocycles. The van der Waals surface area contributed by atoms with Gasteiger partial charge < -0.3 is 29.9 Å². The van der Waals surface area contributed by atoms with Gasteiger partial charge in [-0.05, 0) is 59.6 Å². The molecule has 3 rings (SSSR count). The number of carbonyl (C=O) groups excluding carboxylic acids is 4. The zero-order valence-corrected chi connectivity index (χ0v) is 23.7. The SMILES string of the molecule is CCC(=O)NCCN1C(=O)C(C)(C)Oc2cc(C(F)(F)F)c(C(=O)N[C@@H]3CCCN(C(=O)OC(C)(C)C)C3)cc21. The van der Waals surface area contributed by atoms with Gasteiger partial charge in [-0.1, -0.05) is 6.92 Å². The second kappa shape index (κ2) is 11.5. The van der Waals surface area contributed by atoms with E-state index in [0.29, 0.717) is 19.4 Å². The molecule has 0 unspecified atom stereocenters. The van der Waals surface area contributed by atoms with E-state index in [1.54, 1.807) is 27.7 Å². The molecule has 4 amide bonds. The predicted octanol–water partition coefficient (Wildman–Crippen LogP) is 3.86. The molecule has 0 saturated carbocycles. The summed E-state index contributed by atoms with van der Waals surface area (Å²) >= 11 is 0. The lowest BCUT2D eigenvalue weighted by molar-refractivity contribution is -0.138. The Labute approximate surface area is 231 Å². The summed E-state index contributed by atoms with van der Waals surface area (Å²) in [6.45, 7) is 10.2. The first-order chi connectivity index (χ1) is 18.4. The molecule has 0 radical (unpaired) electrons. The normalized spacial score (nSPS) is 18.9. The van der Waals surface area contributed by atoms with E-state index in [9.17, 15) is 32.3 Å². The third-order valence-electron chi connectivity index (χ3n) is 6.45. The van der Waals surface area contributed by atoms with Crippen LogP contribution in [0.4, 0.5) is 23.7 Å². The molecule has 1 atom stereocenters. The van der Waals surface area contributed by atoms with Crippen molar-refractivity contribution < 1.29 is 41.8 Å². The van der Waals surface area contributed by atoms with Crippen molar-refractivity contribution in [2.45, 2.75) is 84.2 Å². The smallest absolute Gasteiger partial charge is 0.417 e. The van der Waals surface area contributed by atoms with Gasteiger partial charge in [-0.3, -0.25) is 14.4 Å². The van der Waals surface area contributed by atoms with Crippen molar-refractivity contribution in [2.24, 2.45) is 0 Å². The van der Waals surface area contributed by atoms with Crippen LogP contribution in [0.1, 0.15) is 76.7 Å². The fraction of sp³-hybridized carbons (Fsp3) is 0.630. The van der Waals surface area contributed by atoms with Crippen molar-refractivity contribution in [2.75, 3.05) is 31.1 Å².